The molecule has 1 aliphatic rings. The molecule has 1 amide bonds. The van der Waals surface area contributed by atoms with Crippen LogP contribution in [0.2, 0.25) is 0 Å². The predicted octanol–water partition coefficient (Wildman–Crippen LogP) is 2.09. The minimum Gasteiger partial charge on any atom is -0.470 e. The van der Waals surface area contributed by atoms with E-state index in [4.69, 9.17) is 10.00 Å². The van der Waals surface area contributed by atoms with Gasteiger partial charge in [-0.05, 0) is 24.3 Å². The SMILES string of the molecule is N#Cc1nccnc1O[C@H]1CCCN(C(=O)c2cccs2)C1. The second kappa shape index (κ2) is 6.54. The highest BCUT2D eigenvalue weighted by Crippen LogP contribution is 2.21. The summed E-state index contributed by atoms with van der Waals surface area (Å²) in [5.74, 6) is 0.267. The van der Waals surface area contributed by atoms with E-state index >= 15 is 0 Å². The molecule has 0 N–H and O–H groups in total. The van der Waals surface area contributed by atoms with Crippen LogP contribution in [0.15, 0.2) is 29.9 Å². The van der Waals surface area contributed by atoms with Gasteiger partial charge >= 0.3 is 0 Å². The van der Waals surface area contributed by atoms with Gasteiger partial charge in [-0.2, -0.15) is 5.26 Å². The molecule has 0 aromatic carbocycles. The normalized spacial score (nSPS) is 17.8. The Morgan fingerprint density at radius 3 is 3.09 bits per heavy atom. The van der Waals surface area contributed by atoms with E-state index in [1.807, 2.05) is 23.6 Å². The van der Waals surface area contributed by atoms with Gasteiger partial charge in [0, 0.05) is 18.9 Å². The molecule has 6 nitrogen and oxygen atoms in total. The second-order valence-electron chi connectivity index (χ2n) is 4.93. The zero-order valence-electron chi connectivity index (χ0n) is 11.8. The third-order valence-corrected chi connectivity index (χ3v) is 4.30. The molecule has 7 heteroatoms. The molecule has 0 saturated carbocycles. The zero-order chi connectivity index (χ0) is 15.4. The molecule has 1 fully saturated rings. The average Bonchev–Trinajstić information content (AvgIpc) is 3.09. The average molecular weight is 314 g/mol. The molecule has 0 radical (unpaired) electrons. The Hall–Kier alpha value is -2.46. The molecular formula is C15H14N4O2S. The molecule has 0 bridgehead atoms. The standard InChI is InChI=1S/C15H14N4O2S/c16-9-12-14(18-6-5-17-12)21-11-3-1-7-19(10-11)15(20)13-4-2-8-22-13/h2,4-6,8,11H,1,3,7,10H2/t11-/m0/s1. The molecule has 3 heterocycles. The first-order valence-corrected chi connectivity index (χ1v) is 7.86. The Kier molecular flexibility index (Phi) is 4.30. The smallest absolute Gasteiger partial charge is 0.264 e. The molecule has 22 heavy (non-hydrogen) atoms. The Morgan fingerprint density at radius 1 is 1.45 bits per heavy atom. The first-order valence-electron chi connectivity index (χ1n) is 6.98. The van der Waals surface area contributed by atoms with Gasteiger partial charge in [-0.25, -0.2) is 9.97 Å². The summed E-state index contributed by atoms with van der Waals surface area (Å²) in [6.45, 7) is 1.22. The maximum atomic E-state index is 12.4. The van der Waals surface area contributed by atoms with Crippen molar-refractivity contribution in [2.75, 3.05) is 13.1 Å². The summed E-state index contributed by atoms with van der Waals surface area (Å²) in [7, 11) is 0. The summed E-state index contributed by atoms with van der Waals surface area (Å²) in [4.78, 5) is 22.9. The lowest BCUT2D eigenvalue weighted by atomic mass is 10.1. The van der Waals surface area contributed by atoms with E-state index in [1.54, 1.807) is 4.90 Å². The quantitative estimate of drug-likeness (QED) is 0.866. The molecular weight excluding hydrogens is 300 g/mol. The molecule has 2 aromatic heterocycles. The number of aromatic nitrogens is 2. The van der Waals surface area contributed by atoms with Crippen LogP contribution in [0.4, 0.5) is 0 Å². The number of hydrogen-bond donors (Lipinski definition) is 0. The zero-order valence-corrected chi connectivity index (χ0v) is 12.6. The molecule has 0 aliphatic carbocycles. The van der Waals surface area contributed by atoms with Gasteiger partial charge in [0.25, 0.3) is 11.8 Å². The third kappa shape index (κ3) is 3.07. The largest absolute Gasteiger partial charge is 0.470 e. The molecule has 2 aromatic rings. The number of carbonyl (C=O) groups is 1. The van der Waals surface area contributed by atoms with Crippen LogP contribution in [0.1, 0.15) is 28.2 Å². The maximum Gasteiger partial charge on any atom is 0.264 e. The molecule has 0 unspecified atom stereocenters. The van der Waals surface area contributed by atoms with E-state index < -0.39 is 0 Å². The van der Waals surface area contributed by atoms with Crippen LogP contribution in [0.25, 0.3) is 0 Å². The van der Waals surface area contributed by atoms with Gasteiger partial charge in [-0.15, -0.1) is 11.3 Å². The van der Waals surface area contributed by atoms with Crippen molar-refractivity contribution in [1.82, 2.24) is 14.9 Å². The first kappa shape index (κ1) is 14.5. The van der Waals surface area contributed by atoms with Crippen LogP contribution >= 0.6 is 11.3 Å². The number of rotatable bonds is 3. The second-order valence-corrected chi connectivity index (χ2v) is 5.88. The van der Waals surface area contributed by atoms with Crippen LogP contribution in [0.5, 0.6) is 5.88 Å². The highest BCUT2D eigenvalue weighted by molar-refractivity contribution is 7.12. The minimum atomic E-state index is -0.165. The number of nitrogens with zero attached hydrogens (tertiary/aromatic N) is 4. The molecule has 0 spiro atoms. The molecule has 112 valence electrons. The fraction of sp³-hybridized carbons (Fsp3) is 0.333. The van der Waals surface area contributed by atoms with Crippen molar-refractivity contribution in [3.05, 3.63) is 40.5 Å². The Labute approximate surface area is 132 Å². The van der Waals surface area contributed by atoms with Crippen LogP contribution in [0, 0.1) is 11.3 Å². The molecule has 1 aliphatic heterocycles. The number of likely N-dealkylation sites (tertiary alicyclic amines) is 1. The van der Waals surface area contributed by atoms with Crippen LogP contribution in [0.3, 0.4) is 0 Å². The summed E-state index contributed by atoms with van der Waals surface area (Å²) >= 11 is 1.44. The lowest BCUT2D eigenvalue weighted by Gasteiger charge is -2.32. The number of ether oxygens (including phenoxy) is 1. The number of nitriles is 1. The van der Waals surface area contributed by atoms with Crippen LogP contribution in [-0.2, 0) is 0 Å². The topological polar surface area (TPSA) is 79.1 Å². The third-order valence-electron chi connectivity index (χ3n) is 3.45. The van der Waals surface area contributed by atoms with Gasteiger partial charge in [0.15, 0.2) is 0 Å². The van der Waals surface area contributed by atoms with Crippen molar-refractivity contribution in [1.29, 1.82) is 5.26 Å². The lowest BCUT2D eigenvalue weighted by Crippen LogP contribution is -2.44. The maximum absolute atomic E-state index is 12.4. The van der Waals surface area contributed by atoms with Crippen LogP contribution in [-0.4, -0.2) is 40.0 Å². The van der Waals surface area contributed by atoms with Crippen LogP contribution < -0.4 is 4.74 Å². The summed E-state index contributed by atoms with van der Waals surface area (Å²) in [5.41, 5.74) is 0.171. The van der Waals surface area contributed by atoms with Crippen molar-refractivity contribution in [2.24, 2.45) is 0 Å². The van der Waals surface area contributed by atoms with Gasteiger partial charge in [-0.3, -0.25) is 4.79 Å². The van der Waals surface area contributed by atoms with Gasteiger partial charge in [0.05, 0.1) is 11.4 Å². The molecule has 3 rings (SSSR count). The Balaban J connectivity index is 1.68. The van der Waals surface area contributed by atoms with E-state index in [0.29, 0.717) is 6.54 Å². The first-order chi connectivity index (χ1) is 10.8. The Morgan fingerprint density at radius 2 is 2.32 bits per heavy atom. The summed E-state index contributed by atoms with van der Waals surface area (Å²) in [6, 6.07) is 5.66. The molecule has 1 saturated heterocycles. The van der Waals surface area contributed by atoms with E-state index in [-0.39, 0.29) is 23.6 Å². The van der Waals surface area contributed by atoms with E-state index in [0.717, 1.165) is 24.3 Å². The van der Waals surface area contributed by atoms with E-state index in [2.05, 4.69) is 9.97 Å². The number of thiophene rings is 1. The van der Waals surface area contributed by atoms with Crippen molar-refractivity contribution in [3.8, 4) is 11.9 Å². The number of piperidine rings is 1. The highest BCUT2D eigenvalue weighted by atomic mass is 32.1. The van der Waals surface area contributed by atoms with Crippen molar-refractivity contribution in [2.45, 2.75) is 18.9 Å². The highest BCUT2D eigenvalue weighted by Gasteiger charge is 2.27. The summed E-state index contributed by atoms with van der Waals surface area (Å²) in [5, 5.41) is 10.9. The Bertz CT molecular complexity index is 696. The number of carbonyl (C=O) groups excluding carboxylic acids is 1. The summed E-state index contributed by atoms with van der Waals surface area (Å²) < 4.78 is 5.79. The number of amides is 1. The van der Waals surface area contributed by atoms with E-state index in [9.17, 15) is 4.79 Å². The van der Waals surface area contributed by atoms with Gasteiger partial charge < -0.3 is 9.64 Å². The fourth-order valence-electron chi connectivity index (χ4n) is 2.42. The van der Waals surface area contributed by atoms with Crippen molar-refractivity contribution >= 4 is 17.2 Å². The van der Waals surface area contributed by atoms with Gasteiger partial charge in [0.1, 0.15) is 12.2 Å². The van der Waals surface area contributed by atoms with Crippen molar-refractivity contribution < 1.29 is 9.53 Å². The van der Waals surface area contributed by atoms with Crippen molar-refractivity contribution in [3.63, 3.8) is 0 Å². The molecule has 1 atom stereocenters. The lowest BCUT2D eigenvalue weighted by molar-refractivity contribution is 0.0530. The van der Waals surface area contributed by atoms with Gasteiger partial charge in [0.2, 0.25) is 5.69 Å². The predicted molar refractivity (Wildman–Crippen MR) is 80.6 cm³/mol. The van der Waals surface area contributed by atoms with Gasteiger partial charge in [-0.1, -0.05) is 6.07 Å². The monoisotopic (exact) mass is 314 g/mol. The minimum absolute atomic E-state index is 0.0305. The number of hydrogen-bond acceptors (Lipinski definition) is 6. The summed E-state index contributed by atoms with van der Waals surface area (Å²) in [6.07, 6.45) is 4.48. The van der Waals surface area contributed by atoms with E-state index in [1.165, 1.54) is 23.7 Å². The fourth-order valence-corrected chi connectivity index (χ4v) is 3.11.